The van der Waals surface area contributed by atoms with E-state index < -0.39 is 0 Å². The van der Waals surface area contributed by atoms with Crippen molar-refractivity contribution in [2.24, 2.45) is 0 Å². The molecule has 3 nitrogen and oxygen atoms in total. The van der Waals surface area contributed by atoms with Crippen molar-refractivity contribution in [1.29, 1.82) is 0 Å². The zero-order valence-electron chi connectivity index (χ0n) is 14.7. The number of benzene rings is 2. The van der Waals surface area contributed by atoms with Crippen LogP contribution in [0.3, 0.4) is 0 Å². The van der Waals surface area contributed by atoms with Gasteiger partial charge < -0.3 is 9.80 Å². The second kappa shape index (κ2) is 8.15. The van der Waals surface area contributed by atoms with E-state index in [2.05, 4.69) is 43.0 Å². The van der Waals surface area contributed by atoms with Crippen molar-refractivity contribution in [3.05, 3.63) is 58.6 Å². The van der Waals surface area contributed by atoms with Crippen LogP contribution < -0.4 is 4.90 Å². The van der Waals surface area contributed by atoms with E-state index in [1.807, 2.05) is 23.1 Å². The first-order valence-corrected chi connectivity index (χ1v) is 9.87. The Morgan fingerprint density at radius 1 is 1.08 bits per heavy atom. The Morgan fingerprint density at radius 2 is 1.84 bits per heavy atom. The van der Waals surface area contributed by atoms with Crippen LogP contribution in [0, 0.1) is 13.8 Å². The van der Waals surface area contributed by atoms with Crippen molar-refractivity contribution >= 4 is 35.0 Å². The topological polar surface area (TPSA) is 23.6 Å². The third-order valence-electron chi connectivity index (χ3n) is 4.50. The minimum absolute atomic E-state index is 0.219. The number of rotatable bonds is 4. The summed E-state index contributed by atoms with van der Waals surface area (Å²) in [5, 5.41) is 0.751. The fourth-order valence-corrected chi connectivity index (χ4v) is 4.19. The smallest absolute Gasteiger partial charge is 0.233 e. The Bertz CT molecular complexity index is 757. The Labute approximate surface area is 159 Å². The monoisotopic (exact) mass is 374 g/mol. The molecular weight excluding hydrogens is 352 g/mol. The lowest BCUT2D eigenvalue weighted by Crippen LogP contribution is -2.49. The lowest BCUT2D eigenvalue weighted by Gasteiger charge is -2.36. The molecule has 1 fully saturated rings. The van der Waals surface area contributed by atoms with Gasteiger partial charge in [0.2, 0.25) is 5.91 Å². The zero-order chi connectivity index (χ0) is 17.8. The fraction of sp³-hybridized carbons (Fsp3) is 0.350. The van der Waals surface area contributed by atoms with Crippen molar-refractivity contribution in [3.63, 3.8) is 0 Å². The summed E-state index contributed by atoms with van der Waals surface area (Å²) >= 11 is 7.71. The number of hydrogen-bond donors (Lipinski definition) is 0. The third kappa shape index (κ3) is 4.71. The van der Waals surface area contributed by atoms with Gasteiger partial charge in [0.15, 0.2) is 0 Å². The lowest BCUT2D eigenvalue weighted by atomic mass is 10.2. The summed E-state index contributed by atoms with van der Waals surface area (Å²) in [6.07, 6.45) is 0. The lowest BCUT2D eigenvalue weighted by molar-refractivity contribution is -0.128. The molecule has 2 aromatic rings. The van der Waals surface area contributed by atoms with E-state index >= 15 is 0 Å². The van der Waals surface area contributed by atoms with Gasteiger partial charge in [-0.05, 0) is 43.7 Å². The number of aryl methyl sites for hydroxylation is 2. The van der Waals surface area contributed by atoms with Gasteiger partial charge in [0.05, 0.1) is 5.75 Å². The summed E-state index contributed by atoms with van der Waals surface area (Å²) in [6.45, 7) is 7.40. The molecule has 25 heavy (non-hydrogen) atoms. The van der Waals surface area contributed by atoms with Crippen LogP contribution in [-0.2, 0) is 4.79 Å². The highest BCUT2D eigenvalue weighted by Gasteiger charge is 2.21. The van der Waals surface area contributed by atoms with Crippen LogP contribution in [0.1, 0.15) is 11.1 Å². The average molecular weight is 375 g/mol. The summed E-state index contributed by atoms with van der Waals surface area (Å²) in [6, 6.07) is 14.3. The quantitative estimate of drug-likeness (QED) is 0.741. The van der Waals surface area contributed by atoms with Crippen LogP contribution in [0.15, 0.2) is 47.4 Å². The summed E-state index contributed by atoms with van der Waals surface area (Å²) in [7, 11) is 0. The Morgan fingerprint density at radius 3 is 2.56 bits per heavy atom. The molecule has 1 saturated heterocycles. The number of hydrogen-bond acceptors (Lipinski definition) is 3. The number of thioether (sulfide) groups is 1. The molecule has 3 rings (SSSR count). The Kier molecular flexibility index (Phi) is 5.92. The Hall–Kier alpha value is -1.65. The molecule has 0 aliphatic carbocycles. The van der Waals surface area contributed by atoms with Crippen molar-refractivity contribution in [1.82, 2.24) is 4.90 Å². The van der Waals surface area contributed by atoms with Gasteiger partial charge in [-0.1, -0.05) is 35.4 Å². The number of halogens is 1. The summed E-state index contributed by atoms with van der Waals surface area (Å²) in [5.74, 6) is 0.721. The zero-order valence-corrected chi connectivity index (χ0v) is 16.2. The number of carbonyl (C=O) groups excluding carboxylic acids is 1. The van der Waals surface area contributed by atoms with Gasteiger partial charge >= 0.3 is 0 Å². The molecule has 0 radical (unpaired) electrons. The van der Waals surface area contributed by atoms with Gasteiger partial charge in [0, 0.05) is 41.8 Å². The van der Waals surface area contributed by atoms with Crippen molar-refractivity contribution in [3.8, 4) is 0 Å². The van der Waals surface area contributed by atoms with Crippen molar-refractivity contribution in [2.75, 3.05) is 36.8 Å². The highest BCUT2D eigenvalue weighted by Crippen LogP contribution is 2.25. The molecule has 1 heterocycles. The maximum absolute atomic E-state index is 12.5. The number of carbonyl (C=O) groups is 1. The van der Waals surface area contributed by atoms with E-state index in [0.717, 1.165) is 36.9 Å². The van der Waals surface area contributed by atoms with E-state index in [0.29, 0.717) is 5.75 Å². The van der Waals surface area contributed by atoms with Crippen molar-refractivity contribution < 1.29 is 4.79 Å². The molecule has 0 unspecified atom stereocenters. The summed E-state index contributed by atoms with van der Waals surface area (Å²) < 4.78 is 0. The van der Waals surface area contributed by atoms with Gasteiger partial charge in [-0.15, -0.1) is 11.8 Å². The first-order chi connectivity index (χ1) is 12.0. The number of anilines is 1. The van der Waals surface area contributed by atoms with E-state index in [-0.39, 0.29) is 5.91 Å². The highest BCUT2D eigenvalue weighted by molar-refractivity contribution is 8.00. The second-order valence-electron chi connectivity index (χ2n) is 6.41. The first-order valence-electron chi connectivity index (χ1n) is 8.51. The standard InChI is InChI=1S/C20H23ClN2OS/c1-15-6-7-16(2)19(12-15)25-14-20(24)23-10-8-22(9-11-23)18-5-3-4-17(21)13-18/h3-7,12-13H,8-11,14H2,1-2H3. The molecule has 5 heteroatoms. The molecule has 132 valence electrons. The van der Waals surface area contributed by atoms with Gasteiger partial charge in [-0.2, -0.15) is 0 Å². The van der Waals surface area contributed by atoms with Crippen LogP contribution in [0.2, 0.25) is 5.02 Å². The summed E-state index contributed by atoms with van der Waals surface area (Å²) in [5.41, 5.74) is 3.59. The molecule has 2 aromatic carbocycles. The molecule has 0 aromatic heterocycles. The number of nitrogens with zero attached hydrogens (tertiary/aromatic N) is 2. The summed E-state index contributed by atoms with van der Waals surface area (Å²) in [4.78, 5) is 18.0. The molecule has 0 bridgehead atoms. The van der Waals surface area contributed by atoms with E-state index in [4.69, 9.17) is 11.6 Å². The van der Waals surface area contributed by atoms with Crippen molar-refractivity contribution in [2.45, 2.75) is 18.7 Å². The molecule has 1 amide bonds. The second-order valence-corrected chi connectivity index (χ2v) is 7.86. The van der Waals surface area contributed by atoms with Gasteiger partial charge in [-0.3, -0.25) is 4.79 Å². The number of piperazine rings is 1. The molecule has 0 atom stereocenters. The van der Waals surface area contributed by atoms with Crippen LogP contribution in [0.25, 0.3) is 0 Å². The average Bonchev–Trinajstić information content (AvgIpc) is 2.62. The van der Waals surface area contributed by atoms with Gasteiger partial charge in [0.25, 0.3) is 0 Å². The molecule has 0 saturated carbocycles. The predicted octanol–water partition coefficient (Wildman–Crippen LogP) is 4.40. The molecular formula is C20H23ClN2OS. The van der Waals surface area contributed by atoms with Crippen LogP contribution in [0.4, 0.5) is 5.69 Å². The fourth-order valence-electron chi connectivity index (χ4n) is 2.98. The minimum Gasteiger partial charge on any atom is -0.368 e. The predicted molar refractivity (Wildman–Crippen MR) is 107 cm³/mol. The van der Waals surface area contributed by atoms with E-state index in [1.54, 1.807) is 11.8 Å². The normalized spacial score (nSPS) is 14.7. The largest absolute Gasteiger partial charge is 0.368 e. The van der Waals surface area contributed by atoms with Gasteiger partial charge in [-0.25, -0.2) is 0 Å². The maximum Gasteiger partial charge on any atom is 0.233 e. The third-order valence-corrected chi connectivity index (χ3v) is 5.88. The molecule has 0 N–H and O–H groups in total. The van der Waals surface area contributed by atoms with Crippen LogP contribution in [-0.4, -0.2) is 42.7 Å². The van der Waals surface area contributed by atoms with Crippen LogP contribution >= 0.6 is 23.4 Å². The molecule has 1 aliphatic rings. The molecule has 1 aliphatic heterocycles. The van der Waals surface area contributed by atoms with Gasteiger partial charge in [0.1, 0.15) is 0 Å². The van der Waals surface area contributed by atoms with E-state index in [9.17, 15) is 4.79 Å². The first kappa shape index (κ1) is 18.2. The minimum atomic E-state index is 0.219. The number of amides is 1. The SMILES string of the molecule is Cc1ccc(C)c(SCC(=O)N2CCN(c3cccc(Cl)c3)CC2)c1. The highest BCUT2D eigenvalue weighted by atomic mass is 35.5. The Balaban J connectivity index is 1.52. The van der Waals surface area contributed by atoms with E-state index in [1.165, 1.54) is 16.0 Å². The molecule has 0 spiro atoms. The van der Waals surface area contributed by atoms with Crippen LogP contribution in [0.5, 0.6) is 0 Å². The maximum atomic E-state index is 12.5.